The molecule has 0 saturated carbocycles. The Morgan fingerprint density at radius 1 is 1.14 bits per heavy atom. The number of methoxy groups -OCH3 is 1. The third kappa shape index (κ3) is 4.72. The van der Waals surface area contributed by atoms with E-state index in [0.29, 0.717) is 23.3 Å². The Hall–Kier alpha value is -2.80. The molecule has 1 N–H and O–H groups in total. The molecule has 0 atom stereocenters. The number of para-hydroxylation sites is 1. The lowest BCUT2D eigenvalue weighted by molar-refractivity contribution is -0.118. The maximum absolute atomic E-state index is 12.2. The van der Waals surface area contributed by atoms with Crippen LogP contribution in [0, 0.1) is 6.92 Å². The van der Waals surface area contributed by atoms with E-state index in [-0.39, 0.29) is 5.91 Å². The van der Waals surface area contributed by atoms with Crippen molar-refractivity contribution in [3.63, 3.8) is 0 Å². The van der Waals surface area contributed by atoms with Gasteiger partial charge >= 0.3 is 0 Å². The molecule has 146 valence electrons. The molecule has 0 bridgehead atoms. The van der Waals surface area contributed by atoms with E-state index in [1.807, 2.05) is 48.0 Å². The highest BCUT2D eigenvalue weighted by Crippen LogP contribution is 2.29. The molecule has 0 aliphatic rings. The van der Waals surface area contributed by atoms with Crippen LogP contribution in [0.5, 0.6) is 5.75 Å². The van der Waals surface area contributed by atoms with E-state index < -0.39 is 0 Å². The number of carbonyl (C=O) groups is 1. The number of nitrogens with zero attached hydrogens (tertiary/aromatic N) is 3. The summed E-state index contributed by atoms with van der Waals surface area (Å²) < 4.78 is 7.28. The van der Waals surface area contributed by atoms with Crippen LogP contribution in [0.4, 0.5) is 0 Å². The van der Waals surface area contributed by atoms with Crippen LogP contribution in [0.3, 0.4) is 0 Å². The first-order chi connectivity index (χ1) is 13.6. The van der Waals surface area contributed by atoms with Gasteiger partial charge in [-0.25, -0.2) is 0 Å². The van der Waals surface area contributed by atoms with Crippen LogP contribution in [0.15, 0.2) is 53.7 Å². The van der Waals surface area contributed by atoms with Crippen LogP contribution in [0.1, 0.15) is 11.1 Å². The minimum absolute atomic E-state index is 0.0135. The molecule has 7 heteroatoms. The SMILES string of the molecule is COc1ccccc1-c1nnc(SCC(=O)NCCc2ccccc2C)n1C. The lowest BCUT2D eigenvalue weighted by atomic mass is 10.1. The second-order valence-electron chi connectivity index (χ2n) is 6.38. The molecule has 0 saturated heterocycles. The van der Waals surface area contributed by atoms with Crippen molar-refractivity contribution in [2.24, 2.45) is 7.05 Å². The first-order valence-corrected chi connectivity index (χ1v) is 10.1. The van der Waals surface area contributed by atoms with Crippen molar-refractivity contribution < 1.29 is 9.53 Å². The molecule has 0 radical (unpaired) electrons. The second-order valence-corrected chi connectivity index (χ2v) is 7.32. The van der Waals surface area contributed by atoms with Crippen LogP contribution < -0.4 is 10.1 Å². The highest BCUT2D eigenvalue weighted by atomic mass is 32.2. The zero-order valence-corrected chi connectivity index (χ0v) is 17.1. The molecule has 0 aliphatic carbocycles. The average Bonchev–Trinajstić information content (AvgIpc) is 3.08. The number of thioether (sulfide) groups is 1. The molecular formula is C21H24N4O2S. The molecule has 6 nitrogen and oxygen atoms in total. The Morgan fingerprint density at radius 2 is 1.89 bits per heavy atom. The Labute approximate surface area is 169 Å². The van der Waals surface area contributed by atoms with Gasteiger partial charge in [-0.2, -0.15) is 0 Å². The van der Waals surface area contributed by atoms with Gasteiger partial charge < -0.3 is 14.6 Å². The number of benzene rings is 2. The van der Waals surface area contributed by atoms with E-state index in [2.05, 4.69) is 34.6 Å². The van der Waals surface area contributed by atoms with Crippen molar-refractivity contribution in [3.05, 3.63) is 59.7 Å². The predicted molar refractivity (Wildman–Crippen MR) is 112 cm³/mol. The minimum atomic E-state index is -0.0135. The Morgan fingerprint density at radius 3 is 2.68 bits per heavy atom. The molecule has 0 fully saturated rings. The third-order valence-corrected chi connectivity index (χ3v) is 5.51. The standard InChI is InChI=1S/C21H24N4O2S/c1-15-8-4-5-9-16(15)12-13-22-19(26)14-28-21-24-23-20(25(21)2)17-10-6-7-11-18(17)27-3/h4-11H,12-14H2,1-3H3,(H,22,26). The number of aromatic nitrogens is 3. The van der Waals surface area contributed by atoms with E-state index in [0.717, 1.165) is 17.7 Å². The number of ether oxygens (including phenoxy) is 1. The molecule has 3 rings (SSSR count). The van der Waals surface area contributed by atoms with E-state index in [4.69, 9.17) is 4.74 Å². The number of hydrogen-bond donors (Lipinski definition) is 1. The summed E-state index contributed by atoms with van der Waals surface area (Å²) >= 11 is 1.37. The smallest absolute Gasteiger partial charge is 0.230 e. The fourth-order valence-corrected chi connectivity index (χ4v) is 3.65. The van der Waals surface area contributed by atoms with Crippen LogP contribution in [-0.2, 0) is 18.3 Å². The van der Waals surface area contributed by atoms with Crippen LogP contribution in [-0.4, -0.2) is 40.1 Å². The average molecular weight is 397 g/mol. The van der Waals surface area contributed by atoms with Gasteiger partial charge in [0.2, 0.25) is 5.91 Å². The fourth-order valence-electron chi connectivity index (χ4n) is 2.91. The zero-order chi connectivity index (χ0) is 19.9. The van der Waals surface area contributed by atoms with E-state index >= 15 is 0 Å². The largest absolute Gasteiger partial charge is 0.496 e. The topological polar surface area (TPSA) is 69.0 Å². The molecule has 2 aromatic carbocycles. The van der Waals surface area contributed by atoms with Crippen molar-refractivity contribution >= 4 is 17.7 Å². The normalized spacial score (nSPS) is 10.7. The van der Waals surface area contributed by atoms with Gasteiger partial charge in [0.15, 0.2) is 11.0 Å². The maximum atomic E-state index is 12.2. The van der Waals surface area contributed by atoms with Gasteiger partial charge in [-0.1, -0.05) is 48.2 Å². The van der Waals surface area contributed by atoms with Crippen molar-refractivity contribution in [2.75, 3.05) is 19.4 Å². The maximum Gasteiger partial charge on any atom is 0.230 e. The van der Waals surface area contributed by atoms with Crippen molar-refractivity contribution in [2.45, 2.75) is 18.5 Å². The predicted octanol–water partition coefficient (Wildman–Crippen LogP) is 3.25. The minimum Gasteiger partial charge on any atom is -0.496 e. The van der Waals surface area contributed by atoms with E-state index in [9.17, 15) is 4.79 Å². The molecule has 1 aromatic heterocycles. The summed E-state index contributed by atoms with van der Waals surface area (Å²) in [5.41, 5.74) is 3.37. The van der Waals surface area contributed by atoms with Gasteiger partial charge in [0, 0.05) is 13.6 Å². The quantitative estimate of drug-likeness (QED) is 0.592. The first kappa shape index (κ1) is 19.9. The highest BCUT2D eigenvalue weighted by molar-refractivity contribution is 7.99. The summed E-state index contributed by atoms with van der Waals surface area (Å²) in [6.07, 6.45) is 0.824. The van der Waals surface area contributed by atoms with Crippen molar-refractivity contribution in [3.8, 4) is 17.1 Å². The summed E-state index contributed by atoms with van der Waals surface area (Å²) in [6, 6.07) is 15.9. The van der Waals surface area contributed by atoms with E-state index in [1.54, 1.807) is 7.11 Å². The van der Waals surface area contributed by atoms with Crippen LogP contribution in [0.2, 0.25) is 0 Å². The summed E-state index contributed by atoms with van der Waals surface area (Å²) in [4.78, 5) is 12.2. The molecule has 3 aromatic rings. The van der Waals surface area contributed by atoms with Crippen molar-refractivity contribution in [1.29, 1.82) is 0 Å². The number of amides is 1. The zero-order valence-electron chi connectivity index (χ0n) is 16.3. The third-order valence-electron chi connectivity index (χ3n) is 4.49. The lowest BCUT2D eigenvalue weighted by Crippen LogP contribution is -2.27. The van der Waals surface area contributed by atoms with Crippen molar-refractivity contribution in [1.82, 2.24) is 20.1 Å². The van der Waals surface area contributed by atoms with E-state index in [1.165, 1.54) is 22.9 Å². The molecule has 28 heavy (non-hydrogen) atoms. The molecular weight excluding hydrogens is 372 g/mol. The monoisotopic (exact) mass is 396 g/mol. The van der Waals surface area contributed by atoms with Gasteiger partial charge in [0.05, 0.1) is 18.4 Å². The van der Waals surface area contributed by atoms with Crippen LogP contribution >= 0.6 is 11.8 Å². The van der Waals surface area contributed by atoms with Gasteiger partial charge in [-0.15, -0.1) is 10.2 Å². The highest BCUT2D eigenvalue weighted by Gasteiger charge is 2.15. The Bertz CT molecular complexity index is 955. The van der Waals surface area contributed by atoms with Gasteiger partial charge in [0.25, 0.3) is 0 Å². The van der Waals surface area contributed by atoms with Gasteiger partial charge in [-0.3, -0.25) is 4.79 Å². The lowest BCUT2D eigenvalue weighted by Gasteiger charge is -2.09. The Kier molecular flexibility index (Phi) is 6.71. The summed E-state index contributed by atoms with van der Waals surface area (Å²) in [5, 5.41) is 12.1. The first-order valence-electron chi connectivity index (χ1n) is 9.07. The Balaban J connectivity index is 1.54. The number of carbonyl (C=O) groups excluding carboxylic acids is 1. The van der Waals surface area contributed by atoms with Gasteiger partial charge in [-0.05, 0) is 36.6 Å². The number of hydrogen-bond acceptors (Lipinski definition) is 5. The molecule has 1 amide bonds. The fraction of sp³-hybridized carbons (Fsp3) is 0.286. The number of aryl methyl sites for hydroxylation is 1. The second kappa shape index (κ2) is 9.41. The summed E-state index contributed by atoms with van der Waals surface area (Å²) in [5.74, 6) is 1.73. The van der Waals surface area contributed by atoms with Crippen LogP contribution in [0.25, 0.3) is 11.4 Å². The molecule has 0 unspecified atom stereocenters. The number of nitrogens with one attached hydrogen (secondary N) is 1. The summed E-state index contributed by atoms with van der Waals surface area (Å²) in [7, 11) is 3.52. The number of rotatable bonds is 8. The molecule has 0 spiro atoms. The van der Waals surface area contributed by atoms with Gasteiger partial charge in [0.1, 0.15) is 5.75 Å². The summed E-state index contributed by atoms with van der Waals surface area (Å²) in [6.45, 7) is 2.70. The molecule has 0 aliphatic heterocycles. The molecule has 1 heterocycles.